The molecule has 2 fully saturated rings. The van der Waals surface area contributed by atoms with Crippen molar-refractivity contribution in [1.82, 2.24) is 25.3 Å². The molecule has 4 aliphatic carbocycles. The quantitative estimate of drug-likeness (QED) is 0.0597. The lowest BCUT2D eigenvalue weighted by Gasteiger charge is -2.35. The van der Waals surface area contributed by atoms with Gasteiger partial charge >= 0.3 is 18.2 Å². The molecule has 470 valence electrons. The maximum absolute atomic E-state index is 14.8. The first-order valence-corrected chi connectivity index (χ1v) is 28.5. The molecule has 4 aliphatic rings. The molecule has 6 aromatic rings. The smallest absolute Gasteiger partial charge is 0.412 e. The van der Waals surface area contributed by atoms with E-state index in [2.05, 4.69) is 58.7 Å². The molecular weight excluding hydrogens is 1190 g/mol. The Labute approximate surface area is 519 Å². The lowest BCUT2D eigenvalue weighted by molar-refractivity contribution is -0.0469. The predicted octanol–water partition coefficient (Wildman–Crippen LogP) is 14.9. The van der Waals surface area contributed by atoms with Crippen molar-refractivity contribution in [3.63, 3.8) is 0 Å². The molecule has 0 bridgehead atoms. The lowest BCUT2D eigenvalue weighted by atomic mass is 9.87. The third-order valence-corrected chi connectivity index (χ3v) is 14.1. The average Bonchev–Trinajstić information content (AvgIpc) is 2.62. The highest BCUT2D eigenvalue weighted by molar-refractivity contribution is 6.32. The number of halogens is 7. The van der Waals surface area contributed by atoms with Crippen molar-refractivity contribution >= 4 is 81.7 Å². The summed E-state index contributed by atoms with van der Waals surface area (Å²) in [6.07, 6.45) is 6.75. The van der Waals surface area contributed by atoms with Crippen LogP contribution in [0.1, 0.15) is 143 Å². The Morgan fingerprint density at radius 2 is 1.02 bits per heavy atom. The van der Waals surface area contributed by atoms with Gasteiger partial charge in [-0.2, -0.15) is 0 Å². The number of carbonyl (C=O) groups is 4. The average molecular weight is 1260 g/mol. The Morgan fingerprint density at radius 3 is 1.44 bits per heavy atom. The summed E-state index contributed by atoms with van der Waals surface area (Å²) in [5, 5.41) is 23.4. The van der Waals surface area contributed by atoms with Gasteiger partial charge in [0.25, 0.3) is 17.8 Å². The second-order valence-corrected chi connectivity index (χ2v) is 23.9. The molecule has 24 heteroatoms. The summed E-state index contributed by atoms with van der Waals surface area (Å²) in [6, 6.07) is 25.5. The van der Waals surface area contributed by atoms with E-state index in [-0.39, 0.29) is 43.8 Å². The molecule has 3 amide bonds. The van der Waals surface area contributed by atoms with E-state index in [9.17, 15) is 41.1 Å². The number of nitrogens with one attached hydrogen (secondary N) is 5. The number of nitrogens with two attached hydrogens (primary N) is 1. The van der Waals surface area contributed by atoms with Crippen LogP contribution in [-0.2, 0) is 22.3 Å². The van der Waals surface area contributed by atoms with Crippen molar-refractivity contribution in [2.24, 2.45) is 5.73 Å². The number of alkyl halides is 5. The van der Waals surface area contributed by atoms with Crippen molar-refractivity contribution in [2.75, 3.05) is 28.4 Å². The van der Waals surface area contributed by atoms with E-state index in [0.717, 1.165) is 40.7 Å². The van der Waals surface area contributed by atoms with Gasteiger partial charge in [0.05, 0.1) is 47.9 Å². The summed E-state index contributed by atoms with van der Waals surface area (Å²) in [7, 11) is -1.00. The topological polar surface area (TPSA) is 245 Å². The molecule has 2 aromatic heterocycles. The van der Waals surface area contributed by atoms with Gasteiger partial charge in [0.1, 0.15) is 11.2 Å². The number of hydrogen-bond donors (Lipinski definition) is 7. The standard InChI is InChI=1S/C31H32ClF2N5O3.C19H19ClF2N4.C12H15NO4.CH3F.CH4/c1-30(2,3)42-29(41)38-20-11-8-19(9-12-20)27(40)36-21-14-22(16-31(33,34)15-21)37-28-35-17-25(32)26(39-28)24-13-10-18-6-4-5-7-23(18)24;20-16-10-24-18(25-13-7-12(23)8-19(21,22)9-13)26-17(16)15-6-5-11-3-1-2-4-14(11)15;1-12(2,3)17-11(16)13-9-6-4-8(5-7-9)10(14)15;1-2;/h4-9,11-13,17,21-22H,10,14-16H2,1-3H3,(H,36,40)(H,38,41)(H,35,37,39);1-4,6,10,12-13H,5,7-9,23H2,(H,24,25,26);4-7H,1-3H3,(H,13,16)(H,14,15);1H3;1H4/i;;;1D;. The number of hydrogen-bond acceptors (Lipinski definition) is 13. The summed E-state index contributed by atoms with van der Waals surface area (Å²) in [5.41, 5.74) is 13.4. The zero-order chi connectivity index (χ0) is 64.1. The maximum atomic E-state index is 14.8. The predicted molar refractivity (Wildman–Crippen MR) is 334 cm³/mol. The molecular formula is C64H73Cl2F5N10O7. The maximum Gasteiger partial charge on any atom is 0.412 e. The third-order valence-electron chi connectivity index (χ3n) is 13.6. The number of amides is 3. The molecule has 4 unspecified atom stereocenters. The number of benzene rings is 4. The van der Waals surface area contributed by atoms with Crippen LogP contribution < -0.4 is 32.3 Å². The second-order valence-electron chi connectivity index (χ2n) is 23.1. The number of nitrogens with zero attached hydrogens (tertiary/aromatic N) is 4. The van der Waals surface area contributed by atoms with Crippen LogP contribution in [0.5, 0.6) is 0 Å². The highest BCUT2D eigenvalue weighted by Crippen LogP contribution is 2.39. The summed E-state index contributed by atoms with van der Waals surface area (Å²) in [4.78, 5) is 64.4. The van der Waals surface area contributed by atoms with E-state index in [0.29, 0.717) is 45.2 Å². The minimum absolute atomic E-state index is 0. The van der Waals surface area contributed by atoms with Crippen LogP contribution in [-0.4, -0.2) is 103 Å². The van der Waals surface area contributed by atoms with Crippen molar-refractivity contribution in [1.29, 1.82) is 0 Å². The fraction of sp³-hybridized carbons (Fsp3) is 0.375. The Morgan fingerprint density at radius 1 is 0.625 bits per heavy atom. The summed E-state index contributed by atoms with van der Waals surface area (Å²) in [6.45, 7) is 10.5. The van der Waals surface area contributed by atoms with Gasteiger partial charge in [0.2, 0.25) is 11.9 Å². The van der Waals surface area contributed by atoms with Gasteiger partial charge in [-0.25, -0.2) is 51.9 Å². The highest BCUT2D eigenvalue weighted by Gasteiger charge is 2.43. The monoisotopic (exact) mass is 1260 g/mol. The van der Waals surface area contributed by atoms with E-state index in [4.69, 9.17) is 44.9 Å². The molecule has 0 spiro atoms. The fourth-order valence-electron chi connectivity index (χ4n) is 10.1. The molecule has 0 saturated heterocycles. The van der Waals surface area contributed by atoms with Gasteiger partial charge in [-0.05, 0) is 138 Å². The van der Waals surface area contributed by atoms with Gasteiger partial charge in [0.15, 0.2) is 0 Å². The van der Waals surface area contributed by atoms with Crippen molar-refractivity contribution in [3.05, 3.63) is 176 Å². The molecule has 4 aromatic carbocycles. The van der Waals surface area contributed by atoms with Crippen LogP contribution >= 0.6 is 23.2 Å². The van der Waals surface area contributed by atoms with Crippen LogP contribution in [0.2, 0.25) is 10.0 Å². The number of aromatic carboxylic acids is 1. The van der Waals surface area contributed by atoms with E-state index < -0.39 is 91.3 Å². The highest BCUT2D eigenvalue weighted by atomic mass is 35.5. The number of fused-ring (bicyclic) bond motifs is 2. The number of aromatic nitrogens is 4. The molecule has 0 aliphatic heterocycles. The first-order valence-electron chi connectivity index (χ1n) is 28.4. The van der Waals surface area contributed by atoms with Crippen molar-refractivity contribution < 1.29 is 57.1 Å². The van der Waals surface area contributed by atoms with Crippen LogP contribution in [0.25, 0.3) is 11.1 Å². The van der Waals surface area contributed by atoms with Crippen molar-refractivity contribution in [3.8, 4) is 0 Å². The Bertz CT molecular complexity index is 3520. The summed E-state index contributed by atoms with van der Waals surface area (Å²) in [5.74, 6) is -6.77. The van der Waals surface area contributed by atoms with E-state index in [1.165, 1.54) is 54.4 Å². The Hall–Kier alpha value is -8.21. The largest absolute Gasteiger partial charge is 0.478 e. The van der Waals surface area contributed by atoms with Crippen molar-refractivity contribution in [2.45, 2.75) is 148 Å². The normalized spacial score (nSPS) is 18.6. The Kier molecular flexibility index (Phi) is 22.7. The Balaban J connectivity index is 0.000000228. The zero-order valence-corrected chi connectivity index (χ0v) is 50.1. The minimum Gasteiger partial charge on any atom is -0.478 e. The zero-order valence-electron chi connectivity index (χ0n) is 49.6. The number of rotatable bonds is 11. The van der Waals surface area contributed by atoms with E-state index in [1.807, 2.05) is 48.5 Å². The molecule has 88 heavy (non-hydrogen) atoms. The van der Waals surface area contributed by atoms with Crippen LogP contribution in [0.15, 0.2) is 122 Å². The van der Waals surface area contributed by atoms with Crippen LogP contribution in [0.3, 0.4) is 0 Å². The fourth-order valence-corrected chi connectivity index (χ4v) is 10.5. The molecule has 2 saturated carbocycles. The number of carboxylic acid groups (broad SMARTS) is 1. The molecule has 8 N–H and O–H groups in total. The molecule has 2 heterocycles. The molecule has 0 radical (unpaired) electrons. The number of carbonyl (C=O) groups excluding carboxylic acids is 3. The van der Waals surface area contributed by atoms with Crippen LogP contribution in [0, 0.1) is 0 Å². The van der Waals surface area contributed by atoms with Gasteiger partial charge in [-0.15, -0.1) is 0 Å². The number of carboxylic acids is 1. The molecule has 17 nitrogen and oxygen atoms in total. The number of ether oxygens (including phenoxy) is 2. The number of anilines is 4. The lowest BCUT2D eigenvalue weighted by Crippen LogP contribution is -2.48. The number of allylic oxidation sites excluding steroid dienone is 2. The van der Waals surface area contributed by atoms with E-state index in [1.54, 1.807) is 53.7 Å². The minimum atomic E-state index is -3.00. The van der Waals surface area contributed by atoms with E-state index >= 15 is 0 Å². The third kappa shape index (κ3) is 19.9. The first-order chi connectivity index (χ1) is 41.5. The molecule has 10 rings (SSSR count). The summed E-state index contributed by atoms with van der Waals surface area (Å²) < 4.78 is 82.9. The van der Waals surface area contributed by atoms with Gasteiger partial charge in [0, 0.05) is 77.9 Å². The first kappa shape index (κ1) is 67.3. The van der Waals surface area contributed by atoms with Gasteiger partial charge < -0.3 is 36.3 Å². The SMILES string of the molecule is C.CC(C)(C)OC(=O)Nc1ccc(C(=O)NC2CC(Nc3ncc(Cl)c(C4=CCc5ccccc54)n3)CC(F)(F)C2)cc1.CC(C)(C)OC(=O)Nc1ccc(C(=O)O)cc1.NC1CC(Nc2ncc(Cl)c(C3=CCc4ccccc43)n2)CC(F)(F)C1.[2H]CF. The van der Waals surface area contributed by atoms with Gasteiger partial charge in [-0.1, -0.05) is 91.3 Å². The van der Waals surface area contributed by atoms with Crippen LogP contribution in [0.4, 0.5) is 54.8 Å². The van der Waals surface area contributed by atoms with Gasteiger partial charge in [-0.3, -0.25) is 19.8 Å². The second kappa shape index (κ2) is 29.7. The summed E-state index contributed by atoms with van der Waals surface area (Å²) >= 11 is 12.8. The molecule has 4 atom stereocenters.